The number of benzene rings is 2. The first-order valence-corrected chi connectivity index (χ1v) is 10.4. The fraction of sp³-hybridized carbons (Fsp3) is 0.368. The molecule has 0 radical (unpaired) electrons. The van der Waals surface area contributed by atoms with E-state index >= 15 is 0 Å². The summed E-state index contributed by atoms with van der Waals surface area (Å²) in [4.78, 5) is 0. The molecule has 0 spiro atoms. The maximum absolute atomic E-state index is 2.39. The Bertz CT molecular complexity index is 468. The molecule has 20 heavy (non-hydrogen) atoms. The molecule has 0 N–H and O–H groups in total. The van der Waals surface area contributed by atoms with E-state index in [0.29, 0.717) is 0 Å². The van der Waals surface area contributed by atoms with Gasteiger partial charge in [-0.15, -0.1) is 0 Å². The summed E-state index contributed by atoms with van der Waals surface area (Å²) in [6.07, 6.45) is 7.11. The molecule has 1 aliphatic rings. The van der Waals surface area contributed by atoms with Crippen LogP contribution in [0.3, 0.4) is 0 Å². The first-order valence-electron chi connectivity index (χ1n) is 8.03. The van der Waals surface area contributed by atoms with Crippen molar-refractivity contribution in [3.8, 4) is 0 Å². The maximum Gasteiger partial charge on any atom is 0.118 e. The van der Waals surface area contributed by atoms with Crippen LogP contribution in [0, 0.1) is 0 Å². The predicted octanol–water partition coefficient (Wildman–Crippen LogP) is 4.21. The van der Waals surface area contributed by atoms with Crippen LogP contribution in [0.4, 0.5) is 0 Å². The summed E-state index contributed by atoms with van der Waals surface area (Å²) >= 11 is 0. The van der Waals surface area contributed by atoms with Gasteiger partial charge in [-0.1, -0.05) is 103 Å². The fourth-order valence-corrected chi connectivity index (χ4v) is 8.87. The molecule has 1 aliphatic heterocycles. The Kier molecular flexibility index (Phi) is 4.37. The predicted molar refractivity (Wildman–Crippen MR) is 90.6 cm³/mol. The zero-order chi connectivity index (χ0) is 13.7. The lowest BCUT2D eigenvalue weighted by Crippen LogP contribution is -2.58. The summed E-state index contributed by atoms with van der Waals surface area (Å²) in [5.74, 6) is 0. The molecule has 1 heterocycles. The summed E-state index contributed by atoms with van der Waals surface area (Å²) in [5.41, 5.74) is 0. The number of hydrogen-bond donors (Lipinski definition) is 0. The van der Waals surface area contributed by atoms with Gasteiger partial charge in [0.05, 0.1) is 0 Å². The van der Waals surface area contributed by atoms with Crippen LogP contribution in [0.1, 0.15) is 32.1 Å². The van der Waals surface area contributed by atoms with Crippen LogP contribution >= 0.6 is 0 Å². The van der Waals surface area contributed by atoms with E-state index in [0.717, 1.165) is 0 Å². The second kappa shape index (κ2) is 6.40. The number of hydrogen-bond acceptors (Lipinski definition) is 0. The van der Waals surface area contributed by atoms with Gasteiger partial charge in [-0.05, 0) is 12.1 Å². The lowest BCUT2D eigenvalue weighted by Gasteiger charge is -2.34. The van der Waals surface area contributed by atoms with E-state index in [-0.39, 0.29) is 0 Å². The second-order valence-corrected chi connectivity index (χ2v) is 10.4. The molecule has 0 aromatic heterocycles. The van der Waals surface area contributed by atoms with Gasteiger partial charge in [-0.25, -0.2) is 0 Å². The normalized spacial score (nSPS) is 19.0. The van der Waals surface area contributed by atoms with E-state index in [1.165, 1.54) is 44.2 Å². The lowest BCUT2D eigenvalue weighted by atomic mass is 10.2. The minimum absolute atomic E-state index is 1.41. The summed E-state index contributed by atoms with van der Waals surface area (Å²) < 4.78 is 0. The van der Waals surface area contributed by atoms with E-state index in [4.69, 9.17) is 0 Å². The van der Waals surface area contributed by atoms with Crippen molar-refractivity contribution in [3.63, 3.8) is 0 Å². The van der Waals surface area contributed by atoms with Crippen molar-refractivity contribution in [2.75, 3.05) is 0 Å². The van der Waals surface area contributed by atoms with Crippen molar-refractivity contribution >= 4 is 18.4 Å². The van der Waals surface area contributed by atoms with Gasteiger partial charge in [0.25, 0.3) is 0 Å². The summed E-state index contributed by atoms with van der Waals surface area (Å²) in [5, 5.41) is 3.29. The zero-order valence-electron chi connectivity index (χ0n) is 12.2. The third-order valence-electron chi connectivity index (χ3n) is 4.86. The van der Waals surface area contributed by atoms with Crippen molar-refractivity contribution in [2.45, 2.75) is 44.2 Å². The van der Waals surface area contributed by atoms with Crippen molar-refractivity contribution in [1.29, 1.82) is 0 Å². The van der Waals surface area contributed by atoms with Crippen LogP contribution in [0.15, 0.2) is 60.7 Å². The molecule has 104 valence electrons. The Morgan fingerprint density at radius 1 is 0.500 bits per heavy atom. The zero-order valence-corrected chi connectivity index (χ0v) is 13.2. The molecule has 0 bridgehead atoms. The van der Waals surface area contributed by atoms with Gasteiger partial charge in [0.15, 0.2) is 0 Å². The van der Waals surface area contributed by atoms with Crippen LogP contribution in [0.2, 0.25) is 12.1 Å². The molecule has 3 rings (SSSR count). The molecule has 0 nitrogen and oxygen atoms in total. The largest absolute Gasteiger partial charge is 0.118 e. The van der Waals surface area contributed by atoms with Gasteiger partial charge in [0.2, 0.25) is 0 Å². The van der Waals surface area contributed by atoms with Gasteiger partial charge >= 0.3 is 0 Å². The minimum Gasteiger partial charge on any atom is -0.0626 e. The van der Waals surface area contributed by atoms with Gasteiger partial charge < -0.3 is 0 Å². The van der Waals surface area contributed by atoms with Gasteiger partial charge in [-0.3, -0.25) is 0 Å². The van der Waals surface area contributed by atoms with Crippen LogP contribution < -0.4 is 10.4 Å². The van der Waals surface area contributed by atoms with Gasteiger partial charge in [-0.2, -0.15) is 0 Å². The Labute approximate surface area is 123 Å². The summed E-state index contributed by atoms with van der Waals surface area (Å²) in [6, 6.07) is 25.6. The highest BCUT2D eigenvalue weighted by atomic mass is 28.3. The van der Waals surface area contributed by atoms with Crippen molar-refractivity contribution in [2.24, 2.45) is 0 Å². The van der Waals surface area contributed by atoms with Crippen LogP contribution in [0.5, 0.6) is 0 Å². The average molecular weight is 280 g/mol. The SMILES string of the molecule is c1ccc([Si]2(c3ccccc3)CCCCCCC2)cc1. The van der Waals surface area contributed by atoms with Gasteiger partial charge in [0, 0.05) is 0 Å². The molecule has 0 aliphatic carbocycles. The topological polar surface area (TPSA) is 0 Å². The molecule has 2 aromatic carbocycles. The lowest BCUT2D eigenvalue weighted by molar-refractivity contribution is 0.634. The maximum atomic E-state index is 2.39. The first kappa shape index (κ1) is 13.6. The Morgan fingerprint density at radius 3 is 1.35 bits per heavy atom. The van der Waals surface area contributed by atoms with E-state index in [1.54, 1.807) is 10.4 Å². The van der Waals surface area contributed by atoms with Crippen molar-refractivity contribution in [3.05, 3.63) is 60.7 Å². The van der Waals surface area contributed by atoms with E-state index < -0.39 is 8.07 Å². The Morgan fingerprint density at radius 2 is 0.900 bits per heavy atom. The van der Waals surface area contributed by atoms with Crippen molar-refractivity contribution in [1.82, 2.24) is 0 Å². The third-order valence-corrected chi connectivity index (χ3v) is 10.2. The van der Waals surface area contributed by atoms with Gasteiger partial charge in [0.1, 0.15) is 8.07 Å². The molecule has 1 saturated heterocycles. The quantitative estimate of drug-likeness (QED) is 0.723. The molecule has 0 amide bonds. The average Bonchev–Trinajstić information content (AvgIpc) is 2.49. The van der Waals surface area contributed by atoms with E-state index in [1.807, 2.05) is 0 Å². The molecule has 1 heteroatoms. The number of rotatable bonds is 2. The third kappa shape index (κ3) is 2.73. The molecule has 2 aromatic rings. The monoisotopic (exact) mass is 280 g/mol. The second-order valence-electron chi connectivity index (χ2n) is 6.08. The smallest absolute Gasteiger partial charge is 0.0626 e. The van der Waals surface area contributed by atoms with Crippen LogP contribution in [-0.4, -0.2) is 8.07 Å². The minimum atomic E-state index is -1.52. The van der Waals surface area contributed by atoms with Crippen LogP contribution in [-0.2, 0) is 0 Å². The van der Waals surface area contributed by atoms with Crippen molar-refractivity contribution < 1.29 is 0 Å². The Balaban J connectivity index is 2.06. The molecular weight excluding hydrogens is 256 g/mol. The first-order chi connectivity index (χ1) is 9.92. The molecular formula is C19H24Si. The van der Waals surface area contributed by atoms with E-state index in [9.17, 15) is 0 Å². The standard InChI is InChI=1S/C19H24Si/c1-2-10-16-20(17-11-3-1,18-12-6-4-7-13-18)19-14-8-5-9-15-19/h4-9,12-15H,1-3,10-11,16-17H2. The summed E-state index contributed by atoms with van der Waals surface area (Å²) in [7, 11) is -1.52. The highest BCUT2D eigenvalue weighted by molar-refractivity contribution is 7.02. The molecule has 0 saturated carbocycles. The van der Waals surface area contributed by atoms with Crippen LogP contribution in [0.25, 0.3) is 0 Å². The molecule has 0 atom stereocenters. The molecule has 1 fully saturated rings. The highest BCUT2D eigenvalue weighted by Gasteiger charge is 2.36. The Hall–Kier alpha value is -1.34. The van der Waals surface area contributed by atoms with E-state index in [2.05, 4.69) is 60.7 Å². The fourth-order valence-electron chi connectivity index (χ4n) is 3.77. The highest BCUT2D eigenvalue weighted by Crippen LogP contribution is 2.26. The molecule has 0 unspecified atom stereocenters. The summed E-state index contributed by atoms with van der Waals surface area (Å²) in [6.45, 7) is 0.